The van der Waals surface area contributed by atoms with Crippen LogP contribution in [0.5, 0.6) is 0 Å². The Morgan fingerprint density at radius 2 is 1.83 bits per heavy atom. The van der Waals surface area contributed by atoms with E-state index in [0.717, 1.165) is 42.3 Å². The van der Waals surface area contributed by atoms with Crippen molar-refractivity contribution in [2.45, 2.75) is 32.6 Å². The Morgan fingerprint density at radius 1 is 1.04 bits per heavy atom. The van der Waals surface area contributed by atoms with Crippen LogP contribution in [0.3, 0.4) is 0 Å². The molecule has 3 nitrogen and oxygen atoms in total. The number of hydrogen-bond acceptors (Lipinski definition) is 2. The van der Waals surface area contributed by atoms with Crippen LogP contribution in [0.1, 0.15) is 42.1 Å². The van der Waals surface area contributed by atoms with Gasteiger partial charge in [0.1, 0.15) is 0 Å². The van der Waals surface area contributed by atoms with E-state index >= 15 is 0 Å². The highest BCUT2D eigenvalue weighted by molar-refractivity contribution is 6.07. The summed E-state index contributed by atoms with van der Waals surface area (Å²) in [5.41, 5.74) is 4.39. The van der Waals surface area contributed by atoms with Crippen molar-refractivity contribution in [1.82, 2.24) is 4.98 Å². The lowest BCUT2D eigenvalue weighted by Crippen LogP contribution is -2.05. The summed E-state index contributed by atoms with van der Waals surface area (Å²) in [7, 11) is 0. The summed E-state index contributed by atoms with van der Waals surface area (Å²) in [6.07, 6.45) is 5.36. The van der Waals surface area contributed by atoms with Crippen LogP contribution >= 0.6 is 0 Å². The molecule has 0 bridgehead atoms. The van der Waals surface area contributed by atoms with E-state index < -0.39 is 0 Å². The lowest BCUT2D eigenvalue weighted by atomic mass is 10.0. The number of rotatable bonds is 8. The Bertz CT molecular complexity index is 819. The van der Waals surface area contributed by atoms with Gasteiger partial charge in [0, 0.05) is 41.3 Å². The van der Waals surface area contributed by atoms with Crippen LogP contribution in [-0.2, 0) is 6.42 Å². The molecule has 0 spiro atoms. The largest absolute Gasteiger partial charge is 0.385 e. The Hall–Kier alpha value is -2.55. The first-order valence-corrected chi connectivity index (χ1v) is 8.70. The molecule has 2 aromatic carbocycles. The van der Waals surface area contributed by atoms with Crippen LogP contribution in [-0.4, -0.2) is 17.3 Å². The Balaban J connectivity index is 1.47. The van der Waals surface area contributed by atoms with Crippen molar-refractivity contribution in [1.29, 1.82) is 0 Å². The van der Waals surface area contributed by atoms with E-state index in [0.29, 0.717) is 6.42 Å². The maximum absolute atomic E-state index is 12.4. The topological polar surface area (TPSA) is 44.9 Å². The van der Waals surface area contributed by atoms with Crippen molar-refractivity contribution in [2.24, 2.45) is 0 Å². The molecule has 124 valence electrons. The molecule has 0 amide bonds. The molecule has 1 heterocycles. The van der Waals surface area contributed by atoms with Crippen LogP contribution < -0.4 is 5.32 Å². The molecule has 2 N–H and O–H groups in total. The van der Waals surface area contributed by atoms with E-state index in [1.54, 1.807) is 0 Å². The number of aryl methyl sites for hydroxylation is 1. The maximum atomic E-state index is 12.4. The molecule has 3 aromatic rings. The van der Waals surface area contributed by atoms with Gasteiger partial charge < -0.3 is 10.3 Å². The average molecular weight is 320 g/mol. The molecule has 1 aromatic heterocycles. The lowest BCUT2D eigenvalue weighted by molar-refractivity contribution is 0.0981. The van der Waals surface area contributed by atoms with Crippen LogP contribution in [0.2, 0.25) is 0 Å². The summed E-state index contributed by atoms with van der Waals surface area (Å²) in [5.74, 6) is 0.224. The third-order valence-corrected chi connectivity index (χ3v) is 4.43. The van der Waals surface area contributed by atoms with E-state index in [9.17, 15) is 4.79 Å². The number of unbranched alkanes of at least 4 members (excludes halogenated alkanes) is 1. The molecule has 0 atom stereocenters. The quantitative estimate of drug-likeness (QED) is 0.443. The Labute approximate surface area is 143 Å². The zero-order chi connectivity index (χ0) is 16.8. The summed E-state index contributed by atoms with van der Waals surface area (Å²) in [5, 5.41) is 4.51. The highest BCUT2D eigenvalue weighted by Crippen LogP contribution is 2.20. The predicted molar refractivity (Wildman–Crippen MR) is 101 cm³/mol. The minimum atomic E-state index is 0.224. The molecule has 24 heavy (non-hydrogen) atoms. The average Bonchev–Trinajstić information content (AvgIpc) is 3.06. The van der Waals surface area contributed by atoms with E-state index in [1.807, 2.05) is 30.5 Å². The number of H-pyrrole nitrogens is 1. The molecule has 0 aliphatic heterocycles. The number of carbonyl (C=O) groups is 1. The SMILES string of the molecule is CCc1ccccc1NCCCCC(=O)c1c[nH]c2ccccc12. The monoisotopic (exact) mass is 320 g/mol. The van der Waals surface area contributed by atoms with Gasteiger partial charge in [0.2, 0.25) is 0 Å². The van der Waals surface area contributed by atoms with Crippen LogP contribution in [0, 0.1) is 0 Å². The van der Waals surface area contributed by atoms with Crippen LogP contribution in [0.4, 0.5) is 5.69 Å². The molecule has 0 saturated heterocycles. The second-order valence-corrected chi connectivity index (χ2v) is 6.07. The van der Waals surface area contributed by atoms with E-state index in [2.05, 4.69) is 41.5 Å². The fraction of sp³-hybridized carbons (Fsp3) is 0.286. The number of hydrogen-bond donors (Lipinski definition) is 2. The normalized spacial score (nSPS) is 10.9. The summed E-state index contributed by atoms with van der Waals surface area (Å²) in [6, 6.07) is 16.4. The zero-order valence-electron chi connectivity index (χ0n) is 14.1. The minimum absolute atomic E-state index is 0.224. The molecule has 0 unspecified atom stereocenters. The molecule has 0 saturated carbocycles. The van der Waals surface area contributed by atoms with Gasteiger partial charge in [-0.25, -0.2) is 0 Å². The number of Topliss-reactive ketones (excluding diaryl/α,β-unsaturated/α-hetero) is 1. The number of aromatic nitrogens is 1. The molecule has 0 aliphatic carbocycles. The van der Waals surface area contributed by atoms with Gasteiger partial charge in [0.15, 0.2) is 5.78 Å². The summed E-state index contributed by atoms with van der Waals surface area (Å²) in [4.78, 5) is 15.6. The number of nitrogens with one attached hydrogen (secondary N) is 2. The van der Waals surface area contributed by atoms with Gasteiger partial charge in [-0.2, -0.15) is 0 Å². The maximum Gasteiger partial charge on any atom is 0.165 e. The van der Waals surface area contributed by atoms with Crippen LogP contribution in [0.25, 0.3) is 10.9 Å². The number of ketones is 1. The van der Waals surface area contributed by atoms with Gasteiger partial charge in [-0.05, 0) is 37.0 Å². The molecule has 0 radical (unpaired) electrons. The molecule has 3 rings (SSSR count). The van der Waals surface area contributed by atoms with E-state index in [1.165, 1.54) is 11.3 Å². The first-order valence-electron chi connectivity index (χ1n) is 8.70. The lowest BCUT2D eigenvalue weighted by Gasteiger charge is -2.10. The van der Waals surface area contributed by atoms with Crippen molar-refractivity contribution in [3.05, 3.63) is 65.9 Å². The molecule has 3 heteroatoms. The van der Waals surface area contributed by atoms with Crippen molar-refractivity contribution in [3.8, 4) is 0 Å². The van der Waals surface area contributed by atoms with E-state index in [-0.39, 0.29) is 5.78 Å². The van der Waals surface area contributed by atoms with Crippen molar-refractivity contribution >= 4 is 22.4 Å². The van der Waals surface area contributed by atoms with Gasteiger partial charge in [0.05, 0.1) is 0 Å². The first-order chi connectivity index (χ1) is 11.8. The summed E-state index contributed by atoms with van der Waals surface area (Å²) >= 11 is 0. The zero-order valence-corrected chi connectivity index (χ0v) is 14.1. The number of aromatic amines is 1. The third kappa shape index (κ3) is 3.67. The van der Waals surface area contributed by atoms with Crippen molar-refractivity contribution in [3.63, 3.8) is 0 Å². The number of benzene rings is 2. The number of anilines is 1. The smallest absolute Gasteiger partial charge is 0.165 e. The summed E-state index contributed by atoms with van der Waals surface area (Å²) < 4.78 is 0. The summed E-state index contributed by atoms with van der Waals surface area (Å²) in [6.45, 7) is 3.07. The molecule has 0 aliphatic rings. The highest BCUT2D eigenvalue weighted by atomic mass is 16.1. The second kappa shape index (κ2) is 7.82. The van der Waals surface area contributed by atoms with Crippen LogP contribution in [0.15, 0.2) is 54.7 Å². The van der Waals surface area contributed by atoms with E-state index in [4.69, 9.17) is 0 Å². The highest BCUT2D eigenvalue weighted by Gasteiger charge is 2.11. The van der Waals surface area contributed by atoms with Gasteiger partial charge in [-0.1, -0.05) is 43.3 Å². The number of fused-ring (bicyclic) bond motifs is 1. The van der Waals surface area contributed by atoms with Gasteiger partial charge in [-0.15, -0.1) is 0 Å². The molecular weight excluding hydrogens is 296 g/mol. The van der Waals surface area contributed by atoms with Gasteiger partial charge >= 0.3 is 0 Å². The fourth-order valence-electron chi connectivity index (χ4n) is 3.07. The Kier molecular flexibility index (Phi) is 5.32. The van der Waals surface area contributed by atoms with Crippen molar-refractivity contribution < 1.29 is 4.79 Å². The fourth-order valence-corrected chi connectivity index (χ4v) is 3.07. The molecular formula is C21H24N2O. The van der Waals surface area contributed by atoms with Gasteiger partial charge in [0.25, 0.3) is 0 Å². The second-order valence-electron chi connectivity index (χ2n) is 6.07. The first kappa shape index (κ1) is 16.3. The Morgan fingerprint density at radius 3 is 2.71 bits per heavy atom. The van der Waals surface area contributed by atoms with Crippen molar-refractivity contribution in [2.75, 3.05) is 11.9 Å². The van der Waals surface area contributed by atoms with Gasteiger partial charge in [-0.3, -0.25) is 4.79 Å². The number of para-hydroxylation sites is 2. The standard InChI is InChI=1S/C21H24N2O/c1-2-16-9-3-5-11-19(16)22-14-8-7-13-21(24)18-15-23-20-12-6-4-10-17(18)20/h3-6,9-12,15,22-23H,2,7-8,13-14H2,1H3. The molecule has 0 fully saturated rings. The number of carbonyl (C=O) groups excluding carboxylic acids is 1. The minimum Gasteiger partial charge on any atom is -0.385 e. The predicted octanol–water partition coefficient (Wildman–Crippen LogP) is 5.20. The third-order valence-electron chi connectivity index (χ3n) is 4.43.